The van der Waals surface area contributed by atoms with Gasteiger partial charge >= 0.3 is 0 Å². The van der Waals surface area contributed by atoms with Crippen molar-refractivity contribution in [1.29, 1.82) is 0 Å². The monoisotopic (exact) mass is 175 g/mol. The maximum atomic E-state index is 5.20. The minimum Gasteiger partial charge on any atom is -0.365 e. The van der Waals surface area contributed by atoms with Gasteiger partial charge in [0.15, 0.2) is 0 Å². The Bertz CT molecular complexity index is 153. The van der Waals surface area contributed by atoms with Crippen LogP contribution < -0.4 is 11.0 Å². The smallest absolute Gasteiger partial charge is 0.114 e. The van der Waals surface area contributed by atoms with Crippen LogP contribution in [-0.2, 0) is 4.74 Å². The van der Waals surface area contributed by atoms with Gasteiger partial charge in [0, 0.05) is 6.61 Å². The third kappa shape index (κ3) is 2.10. The summed E-state index contributed by atoms with van der Waals surface area (Å²) in [6.07, 6.45) is 0. The highest BCUT2D eigenvalue weighted by molar-refractivity contribution is 7.80. The molecule has 11 heavy (non-hydrogen) atoms. The third-order valence-corrected chi connectivity index (χ3v) is 2.05. The van der Waals surface area contributed by atoms with E-state index in [1.54, 1.807) is 0 Å². The van der Waals surface area contributed by atoms with Crippen molar-refractivity contribution in [2.45, 2.75) is 19.9 Å². The normalized spacial score (nSPS) is 25.6. The Morgan fingerprint density at radius 3 is 2.91 bits per heavy atom. The molecule has 1 aliphatic heterocycles. The van der Waals surface area contributed by atoms with E-state index >= 15 is 0 Å². The fourth-order valence-corrected chi connectivity index (χ4v) is 0.976. The lowest BCUT2D eigenvalue weighted by Crippen LogP contribution is -2.40. The summed E-state index contributed by atoms with van der Waals surface area (Å²) in [6, 6.07) is 0.219. The number of nitrogens with one attached hydrogen (secondary N) is 2. The fourth-order valence-electron chi connectivity index (χ4n) is 0.803. The zero-order valence-electron chi connectivity index (χ0n) is 6.76. The van der Waals surface area contributed by atoms with Gasteiger partial charge in [-0.1, -0.05) is 12.2 Å². The van der Waals surface area contributed by atoms with E-state index in [9.17, 15) is 0 Å². The number of hydrogen-bond donors (Lipinski definition) is 2. The second kappa shape index (κ2) is 3.96. The summed E-state index contributed by atoms with van der Waals surface area (Å²) in [5.74, 6) is 0. The van der Waals surface area contributed by atoms with Crippen LogP contribution in [0.1, 0.15) is 13.8 Å². The predicted molar refractivity (Wildman–Crippen MR) is 46.7 cm³/mol. The summed E-state index contributed by atoms with van der Waals surface area (Å²) < 4.78 is 5.20. The molecule has 4 nitrogen and oxygen atoms in total. The van der Waals surface area contributed by atoms with Gasteiger partial charge in [0.1, 0.15) is 11.7 Å². The summed E-state index contributed by atoms with van der Waals surface area (Å²) in [5, 5.41) is 1.91. The topological polar surface area (TPSA) is 36.5 Å². The first-order valence-corrected chi connectivity index (χ1v) is 4.06. The number of rotatable bonds is 3. The van der Waals surface area contributed by atoms with Crippen molar-refractivity contribution in [1.82, 2.24) is 16.0 Å². The lowest BCUT2D eigenvalue weighted by atomic mass is 10.3. The van der Waals surface area contributed by atoms with Gasteiger partial charge in [-0.15, -0.1) is 0 Å². The Kier molecular flexibility index (Phi) is 3.19. The highest BCUT2D eigenvalue weighted by Gasteiger charge is 2.24. The van der Waals surface area contributed by atoms with E-state index in [4.69, 9.17) is 17.0 Å². The zero-order valence-corrected chi connectivity index (χ0v) is 7.57. The van der Waals surface area contributed by atoms with Crippen LogP contribution in [-0.4, -0.2) is 29.4 Å². The van der Waals surface area contributed by atoms with Crippen molar-refractivity contribution in [2.24, 2.45) is 0 Å². The molecule has 1 unspecified atom stereocenters. The molecule has 0 aromatic carbocycles. The lowest BCUT2D eigenvalue weighted by molar-refractivity contribution is 0.00384. The molecule has 5 heteroatoms. The summed E-state index contributed by atoms with van der Waals surface area (Å²) in [4.78, 5) is 0.810. The minimum atomic E-state index is 0.219. The summed E-state index contributed by atoms with van der Waals surface area (Å²) in [6.45, 7) is 5.27. The van der Waals surface area contributed by atoms with E-state index in [-0.39, 0.29) is 6.04 Å². The number of thiocarbonyl (C=S) groups is 1. The first-order valence-electron chi connectivity index (χ1n) is 3.65. The Balaban J connectivity index is 2.30. The van der Waals surface area contributed by atoms with Gasteiger partial charge in [0.05, 0.1) is 6.04 Å². The Morgan fingerprint density at radius 1 is 1.73 bits per heavy atom. The van der Waals surface area contributed by atoms with Gasteiger partial charge in [-0.3, -0.25) is 0 Å². The Morgan fingerprint density at radius 2 is 2.45 bits per heavy atom. The van der Waals surface area contributed by atoms with Crippen LogP contribution in [0.5, 0.6) is 0 Å². The average molecular weight is 175 g/mol. The molecule has 1 saturated heterocycles. The van der Waals surface area contributed by atoms with Crippen LogP contribution in [0.3, 0.4) is 0 Å². The standard InChI is InChI=1S/C6H13N3OS/c1-3-10-4-9-5(2)6(11)7-8-9/h5,8H,3-4H2,1-2H3,(H,7,11). The maximum Gasteiger partial charge on any atom is 0.114 e. The van der Waals surface area contributed by atoms with E-state index in [1.807, 2.05) is 18.9 Å². The minimum absolute atomic E-state index is 0.219. The molecule has 2 N–H and O–H groups in total. The Hall–Kier alpha value is -0.230. The molecule has 0 bridgehead atoms. The maximum absolute atomic E-state index is 5.20. The number of hydrazine groups is 2. The Labute approximate surface area is 71.8 Å². The molecule has 0 aliphatic carbocycles. The molecule has 0 spiro atoms. The lowest BCUT2D eigenvalue weighted by Gasteiger charge is -2.17. The summed E-state index contributed by atoms with van der Waals surface area (Å²) in [5.41, 5.74) is 5.76. The van der Waals surface area contributed by atoms with Crippen molar-refractivity contribution in [3.05, 3.63) is 0 Å². The molecule has 0 aromatic heterocycles. The molecule has 0 radical (unpaired) electrons. The largest absolute Gasteiger partial charge is 0.365 e. The van der Waals surface area contributed by atoms with Crippen LogP contribution in [0.25, 0.3) is 0 Å². The van der Waals surface area contributed by atoms with Crippen LogP contribution in [0.4, 0.5) is 0 Å². The molecule has 0 aromatic rings. The second-order valence-corrected chi connectivity index (χ2v) is 2.81. The van der Waals surface area contributed by atoms with Crippen molar-refractivity contribution in [3.8, 4) is 0 Å². The fraction of sp³-hybridized carbons (Fsp3) is 0.833. The van der Waals surface area contributed by atoms with Crippen molar-refractivity contribution >= 4 is 17.2 Å². The van der Waals surface area contributed by atoms with Gasteiger partial charge in [0.2, 0.25) is 0 Å². The molecule has 1 heterocycles. The molecular weight excluding hydrogens is 162 g/mol. The highest BCUT2D eigenvalue weighted by atomic mass is 32.1. The average Bonchev–Trinajstić information content (AvgIpc) is 2.31. The van der Waals surface area contributed by atoms with E-state index in [1.165, 1.54) is 0 Å². The second-order valence-electron chi connectivity index (χ2n) is 2.37. The van der Waals surface area contributed by atoms with Crippen molar-refractivity contribution < 1.29 is 4.74 Å². The number of hydrogen-bond acceptors (Lipinski definition) is 4. The van der Waals surface area contributed by atoms with Crippen molar-refractivity contribution in [2.75, 3.05) is 13.3 Å². The van der Waals surface area contributed by atoms with Gasteiger partial charge in [-0.2, -0.15) is 10.5 Å². The first kappa shape index (κ1) is 8.86. The van der Waals surface area contributed by atoms with E-state index in [0.717, 1.165) is 11.6 Å². The van der Waals surface area contributed by atoms with Crippen LogP contribution in [0, 0.1) is 0 Å². The SMILES string of the molecule is CCOCN1NNC(=S)C1C. The van der Waals surface area contributed by atoms with E-state index in [2.05, 4.69) is 11.0 Å². The number of ether oxygens (including phenoxy) is 1. The van der Waals surface area contributed by atoms with Gasteiger partial charge in [-0.05, 0) is 13.8 Å². The third-order valence-electron chi connectivity index (χ3n) is 1.60. The van der Waals surface area contributed by atoms with Crippen LogP contribution in [0.15, 0.2) is 0 Å². The molecule has 0 saturated carbocycles. The quantitative estimate of drug-likeness (QED) is 0.591. The van der Waals surface area contributed by atoms with E-state index < -0.39 is 0 Å². The molecule has 0 amide bonds. The van der Waals surface area contributed by atoms with Gasteiger partial charge in [-0.25, -0.2) is 0 Å². The molecule has 1 aliphatic rings. The molecular formula is C6H13N3OS. The highest BCUT2D eigenvalue weighted by Crippen LogP contribution is 2.01. The summed E-state index contributed by atoms with van der Waals surface area (Å²) >= 11 is 5.00. The predicted octanol–water partition coefficient (Wildman–Crippen LogP) is 0.0211. The van der Waals surface area contributed by atoms with E-state index in [0.29, 0.717) is 6.73 Å². The van der Waals surface area contributed by atoms with Gasteiger partial charge in [0.25, 0.3) is 0 Å². The number of nitrogens with zero attached hydrogens (tertiary/aromatic N) is 1. The van der Waals surface area contributed by atoms with Crippen molar-refractivity contribution in [3.63, 3.8) is 0 Å². The van der Waals surface area contributed by atoms with Gasteiger partial charge < -0.3 is 10.2 Å². The zero-order chi connectivity index (χ0) is 8.27. The molecule has 1 atom stereocenters. The van der Waals surface area contributed by atoms with Crippen LogP contribution in [0.2, 0.25) is 0 Å². The molecule has 1 fully saturated rings. The van der Waals surface area contributed by atoms with Crippen LogP contribution >= 0.6 is 12.2 Å². The first-order chi connectivity index (χ1) is 5.25. The molecule has 1 rings (SSSR count). The molecule has 64 valence electrons. The summed E-state index contributed by atoms with van der Waals surface area (Å²) in [7, 11) is 0.